The molecule has 0 aromatic heterocycles. The lowest BCUT2D eigenvalue weighted by Gasteiger charge is -2.11. The zero-order chi connectivity index (χ0) is 11.4. The summed E-state index contributed by atoms with van der Waals surface area (Å²) in [6.45, 7) is 7.97. The summed E-state index contributed by atoms with van der Waals surface area (Å²) in [5.74, 6) is 2.40. The predicted octanol–water partition coefficient (Wildman–Crippen LogP) is 1.60. The molecule has 2 fully saturated rings. The molecule has 1 heterocycles. The first kappa shape index (κ1) is 15.0. The van der Waals surface area contributed by atoms with Gasteiger partial charge in [0, 0.05) is 31.7 Å². The van der Waals surface area contributed by atoms with Crippen molar-refractivity contribution in [2.45, 2.75) is 32.7 Å². The van der Waals surface area contributed by atoms with Crippen molar-refractivity contribution in [3.63, 3.8) is 0 Å². The van der Waals surface area contributed by atoms with Crippen molar-refractivity contribution in [3.05, 3.63) is 0 Å². The normalized spacial score (nSPS) is 31.9. The van der Waals surface area contributed by atoms with Crippen LogP contribution in [-0.2, 0) is 4.74 Å². The van der Waals surface area contributed by atoms with E-state index in [4.69, 9.17) is 4.74 Å². The molecule has 1 aliphatic heterocycles. The van der Waals surface area contributed by atoms with Gasteiger partial charge in [0.15, 0.2) is 5.96 Å². The van der Waals surface area contributed by atoms with Crippen LogP contribution >= 0.6 is 24.0 Å². The minimum atomic E-state index is 0. The second-order valence-corrected chi connectivity index (χ2v) is 4.91. The fraction of sp³-hybridized carbons (Fsp3) is 0.917. The molecule has 2 aliphatic rings. The van der Waals surface area contributed by atoms with Gasteiger partial charge in [-0.05, 0) is 25.7 Å². The summed E-state index contributed by atoms with van der Waals surface area (Å²) in [7, 11) is 0. The molecular formula is C12H24IN3O. The Hall–Kier alpha value is -0.0400. The summed E-state index contributed by atoms with van der Waals surface area (Å²) in [6.07, 6.45) is 2.43. The van der Waals surface area contributed by atoms with Crippen LogP contribution in [0.3, 0.4) is 0 Å². The maximum Gasteiger partial charge on any atom is 0.191 e. The maximum absolute atomic E-state index is 5.35. The van der Waals surface area contributed by atoms with Crippen LogP contribution in [0.4, 0.5) is 0 Å². The molecule has 4 nitrogen and oxygen atoms in total. The monoisotopic (exact) mass is 353 g/mol. The minimum Gasteiger partial charge on any atom is -0.381 e. The van der Waals surface area contributed by atoms with E-state index in [0.717, 1.165) is 44.6 Å². The van der Waals surface area contributed by atoms with Gasteiger partial charge in [0.25, 0.3) is 0 Å². The highest BCUT2D eigenvalue weighted by atomic mass is 127. The fourth-order valence-corrected chi connectivity index (χ4v) is 1.97. The largest absolute Gasteiger partial charge is 0.381 e. The Bertz CT molecular complexity index is 254. The number of guanidine groups is 1. The van der Waals surface area contributed by atoms with Gasteiger partial charge >= 0.3 is 0 Å². The van der Waals surface area contributed by atoms with E-state index in [-0.39, 0.29) is 24.0 Å². The molecule has 0 aromatic carbocycles. The topological polar surface area (TPSA) is 45.7 Å². The lowest BCUT2D eigenvalue weighted by Crippen LogP contribution is -2.39. The third kappa shape index (κ3) is 4.99. The van der Waals surface area contributed by atoms with Gasteiger partial charge in [-0.1, -0.05) is 6.92 Å². The molecule has 2 N–H and O–H groups in total. The van der Waals surface area contributed by atoms with E-state index in [1.54, 1.807) is 0 Å². The molecule has 0 spiro atoms. The maximum atomic E-state index is 5.35. The third-order valence-corrected chi connectivity index (χ3v) is 3.31. The fourth-order valence-electron chi connectivity index (χ4n) is 1.97. The van der Waals surface area contributed by atoms with E-state index in [1.165, 1.54) is 6.42 Å². The van der Waals surface area contributed by atoms with Gasteiger partial charge in [0.05, 0.1) is 6.61 Å². The van der Waals surface area contributed by atoms with Gasteiger partial charge in [-0.25, -0.2) is 0 Å². The summed E-state index contributed by atoms with van der Waals surface area (Å²) < 4.78 is 5.35. The smallest absolute Gasteiger partial charge is 0.191 e. The second kappa shape index (κ2) is 7.41. The molecule has 0 amide bonds. The van der Waals surface area contributed by atoms with Crippen molar-refractivity contribution in [2.75, 3.05) is 26.3 Å². The Balaban J connectivity index is 0.00000144. The number of aliphatic imine (C=N–C) groups is 1. The molecule has 3 atom stereocenters. The standard InChI is InChI=1S/C12H23N3O.HI/c1-3-13-12(15-11-6-9(11)2)14-7-10-4-5-16-8-10;/h9-11H,3-8H2,1-2H3,(H2,13,14,15);1H. The van der Waals surface area contributed by atoms with Crippen molar-refractivity contribution >= 4 is 29.9 Å². The lowest BCUT2D eigenvalue weighted by atomic mass is 10.1. The van der Waals surface area contributed by atoms with Crippen molar-refractivity contribution in [3.8, 4) is 0 Å². The van der Waals surface area contributed by atoms with Gasteiger partial charge < -0.3 is 15.4 Å². The Morgan fingerprint density at radius 3 is 2.76 bits per heavy atom. The summed E-state index contributed by atoms with van der Waals surface area (Å²) in [5, 5.41) is 6.76. The van der Waals surface area contributed by atoms with Crippen LogP contribution < -0.4 is 10.6 Å². The summed E-state index contributed by atoms with van der Waals surface area (Å²) in [4.78, 5) is 4.62. The van der Waals surface area contributed by atoms with E-state index in [9.17, 15) is 0 Å². The third-order valence-electron chi connectivity index (χ3n) is 3.31. The van der Waals surface area contributed by atoms with Crippen molar-refractivity contribution in [2.24, 2.45) is 16.8 Å². The number of halogens is 1. The van der Waals surface area contributed by atoms with Crippen LogP contribution in [0.5, 0.6) is 0 Å². The van der Waals surface area contributed by atoms with Gasteiger partial charge in [0.2, 0.25) is 0 Å². The molecule has 2 rings (SSSR count). The Labute approximate surface area is 121 Å². The molecule has 0 bridgehead atoms. The van der Waals surface area contributed by atoms with Gasteiger partial charge in [-0.15, -0.1) is 24.0 Å². The highest BCUT2D eigenvalue weighted by Crippen LogP contribution is 2.28. The summed E-state index contributed by atoms with van der Waals surface area (Å²) in [6, 6.07) is 0.637. The van der Waals surface area contributed by atoms with Gasteiger partial charge in [-0.2, -0.15) is 0 Å². The van der Waals surface area contributed by atoms with Crippen molar-refractivity contribution in [1.82, 2.24) is 10.6 Å². The van der Waals surface area contributed by atoms with Crippen molar-refractivity contribution < 1.29 is 4.74 Å². The van der Waals surface area contributed by atoms with Gasteiger partial charge in [0.1, 0.15) is 0 Å². The van der Waals surface area contributed by atoms with Crippen LogP contribution in [0.2, 0.25) is 0 Å². The van der Waals surface area contributed by atoms with Crippen LogP contribution in [-0.4, -0.2) is 38.3 Å². The van der Waals surface area contributed by atoms with E-state index in [0.29, 0.717) is 12.0 Å². The predicted molar refractivity (Wildman–Crippen MR) is 81.0 cm³/mol. The second-order valence-electron chi connectivity index (χ2n) is 4.91. The van der Waals surface area contributed by atoms with Crippen LogP contribution in [0.1, 0.15) is 26.7 Å². The molecule has 1 saturated heterocycles. The number of ether oxygens (including phenoxy) is 1. The Morgan fingerprint density at radius 2 is 2.24 bits per heavy atom. The first-order valence-electron chi connectivity index (χ1n) is 6.42. The zero-order valence-corrected chi connectivity index (χ0v) is 13.1. The number of hydrogen-bond acceptors (Lipinski definition) is 2. The Morgan fingerprint density at radius 1 is 1.47 bits per heavy atom. The van der Waals surface area contributed by atoms with E-state index < -0.39 is 0 Å². The van der Waals surface area contributed by atoms with E-state index in [2.05, 4.69) is 29.5 Å². The molecule has 5 heteroatoms. The highest BCUT2D eigenvalue weighted by Gasteiger charge is 2.33. The number of nitrogens with zero attached hydrogens (tertiary/aromatic N) is 1. The average molecular weight is 353 g/mol. The minimum absolute atomic E-state index is 0. The lowest BCUT2D eigenvalue weighted by molar-refractivity contribution is 0.187. The number of hydrogen-bond donors (Lipinski definition) is 2. The van der Waals surface area contributed by atoms with Crippen molar-refractivity contribution in [1.29, 1.82) is 0 Å². The van der Waals surface area contributed by atoms with Crippen LogP contribution in [0.15, 0.2) is 4.99 Å². The van der Waals surface area contributed by atoms with Gasteiger partial charge in [-0.3, -0.25) is 4.99 Å². The zero-order valence-electron chi connectivity index (χ0n) is 10.7. The quantitative estimate of drug-likeness (QED) is 0.459. The SMILES string of the molecule is CCNC(=NCC1CCOC1)NC1CC1C.I. The van der Waals surface area contributed by atoms with E-state index in [1.807, 2.05) is 0 Å². The first-order chi connectivity index (χ1) is 7.79. The highest BCUT2D eigenvalue weighted by molar-refractivity contribution is 14.0. The first-order valence-corrected chi connectivity index (χ1v) is 6.42. The molecule has 17 heavy (non-hydrogen) atoms. The van der Waals surface area contributed by atoms with Crippen LogP contribution in [0.25, 0.3) is 0 Å². The van der Waals surface area contributed by atoms with E-state index >= 15 is 0 Å². The molecule has 100 valence electrons. The number of rotatable bonds is 4. The Kier molecular flexibility index (Phi) is 6.54. The summed E-state index contributed by atoms with van der Waals surface area (Å²) in [5.41, 5.74) is 0. The molecule has 1 aliphatic carbocycles. The average Bonchev–Trinajstić information content (AvgIpc) is 2.80. The molecule has 1 saturated carbocycles. The van der Waals surface area contributed by atoms with Crippen LogP contribution in [0, 0.1) is 11.8 Å². The molecule has 3 unspecified atom stereocenters. The molecule has 0 radical (unpaired) electrons. The number of nitrogens with one attached hydrogen (secondary N) is 2. The molecule has 0 aromatic rings. The summed E-state index contributed by atoms with van der Waals surface area (Å²) >= 11 is 0. The molecular weight excluding hydrogens is 329 g/mol.